The summed E-state index contributed by atoms with van der Waals surface area (Å²) in [6, 6.07) is 0. The maximum Gasteiger partial charge on any atom is 0.311 e. The highest BCUT2D eigenvalue weighted by Gasteiger charge is 2.69. The van der Waals surface area contributed by atoms with E-state index in [4.69, 9.17) is 0 Å². The lowest BCUT2D eigenvalue weighted by Crippen LogP contribution is -2.64. The molecule has 4 unspecified atom stereocenters. The van der Waals surface area contributed by atoms with Gasteiger partial charge in [0.1, 0.15) is 0 Å². The molecular weight excluding hydrogens is 376 g/mol. The smallest absolute Gasteiger partial charge is 0.311 e. The Hall–Kier alpha value is -1.06. The van der Waals surface area contributed by atoms with Gasteiger partial charge < -0.3 is 10.2 Å². The van der Waals surface area contributed by atoms with Crippen LogP contribution in [0.5, 0.6) is 0 Å². The Bertz CT molecular complexity index is 563. The predicted octanol–water partition coefficient (Wildman–Crippen LogP) is 7.16. The summed E-state index contributed by atoms with van der Waals surface area (Å²) in [5.74, 6) is -1.58. The van der Waals surface area contributed by atoms with Gasteiger partial charge in [-0.2, -0.15) is 0 Å². The largest absolute Gasteiger partial charge is 0.481 e. The minimum absolute atomic E-state index is 0.0277. The lowest BCUT2D eigenvalue weighted by Gasteiger charge is -2.62. The second-order valence-corrected chi connectivity index (χ2v) is 10.5. The molecule has 0 amide bonds. The van der Waals surface area contributed by atoms with Crippen LogP contribution in [-0.2, 0) is 9.59 Å². The quantitative estimate of drug-likeness (QED) is 0.311. The van der Waals surface area contributed by atoms with Crippen molar-refractivity contribution in [3.63, 3.8) is 0 Å². The van der Waals surface area contributed by atoms with Crippen LogP contribution in [0.1, 0.15) is 118 Å². The molecule has 174 valence electrons. The molecule has 0 aromatic carbocycles. The van der Waals surface area contributed by atoms with E-state index in [0.717, 1.165) is 77.0 Å². The molecule has 3 fully saturated rings. The summed E-state index contributed by atoms with van der Waals surface area (Å²) < 4.78 is 0. The minimum atomic E-state index is -1.10. The molecule has 3 saturated carbocycles. The molecule has 30 heavy (non-hydrogen) atoms. The number of aliphatic carboxylic acids is 2. The average Bonchev–Trinajstić information content (AvgIpc) is 2.74. The zero-order valence-electron chi connectivity index (χ0n) is 19.9. The van der Waals surface area contributed by atoms with Crippen molar-refractivity contribution in [3.8, 4) is 0 Å². The number of hydrogen-bond donors (Lipinski definition) is 2. The second kappa shape index (κ2) is 11.0. The topological polar surface area (TPSA) is 74.6 Å². The van der Waals surface area contributed by atoms with Crippen molar-refractivity contribution in [1.29, 1.82) is 0 Å². The zero-order chi connectivity index (χ0) is 22.4. The monoisotopic (exact) mass is 422 g/mol. The van der Waals surface area contributed by atoms with Gasteiger partial charge in [0.25, 0.3) is 0 Å². The molecule has 3 rings (SSSR count). The van der Waals surface area contributed by atoms with E-state index in [1.54, 1.807) is 0 Å². The first-order valence-corrected chi connectivity index (χ1v) is 12.8. The number of unbranched alkanes of at least 4 members (excludes halogenated alkanes) is 2. The SMILES string of the molecule is CCCCC(CC)CC12CCC(CC1)C(C(=O)O)C2(CC(CC)CCCC)C(=O)O. The van der Waals surface area contributed by atoms with Gasteiger partial charge in [0.05, 0.1) is 11.3 Å². The van der Waals surface area contributed by atoms with Gasteiger partial charge in [-0.15, -0.1) is 0 Å². The van der Waals surface area contributed by atoms with Crippen molar-refractivity contribution in [2.45, 2.75) is 118 Å². The van der Waals surface area contributed by atoms with Crippen LogP contribution in [0, 0.1) is 34.5 Å². The first-order chi connectivity index (χ1) is 14.3. The van der Waals surface area contributed by atoms with Gasteiger partial charge in [0.15, 0.2) is 0 Å². The van der Waals surface area contributed by atoms with Crippen LogP contribution in [0.3, 0.4) is 0 Å². The van der Waals surface area contributed by atoms with Gasteiger partial charge in [-0.25, -0.2) is 0 Å². The summed E-state index contributed by atoms with van der Waals surface area (Å²) >= 11 is 0. The van der Waals surface area contributed by atoms with E-state index in [1.165, 1.54) is 6.42 Å². The number of carbonyl (C=O) groups is 2. The van der Waals surface area contributed by atoms with Crippen LogP contribution in [0.15, 0.2) is 0 Å². The van der Waals surface area contributed by atoms with Crippen molar-refractivity contribution in [1.82, 2.24) is 0 Å². The van der Waals surface area contributed by atoms with E-state index in [-0.39, 0.29) is 11.3 Å². The molecule has 0 aliphatic heterocycles. The van der Waals surface area contributed by atoms with Crippen molar-refractivity contribution < 1.29 is 19.8 Å². The van der Waals surface area contributed by atoms with E-state index in [9.17, 15) is 19.8 Å². The molecule has 3 aliphatic carbocycles. The lowest BCUT2D eigenvalue weighted by molar-refractivity contribution is -0.209. The van der Waals surface area contributed by atoms with Crippen LogP contribution < -0.4 is 0 Å². The second-order valence-electron chi connectivity index (χ2n) is 10.5. The van der Waals surface area contributed by atoms with Gasteiger partial charge in [0.2, 0.25) is 0 Å². The van der Waals surface area contributed by atoms with Crippen LogP contribution in [0.4, 0.5) is 0 Å². The molecule has 4 nitrogen and oxygen atoms in total. The first-order valence-electron chi connectivity index (χ1n) is 12.8. The Morgan fingerprint density at radius 2 is 1.37 bits per heavy atom. The number of rotatable bonds is 14. The van der Waals surface area contributed by atoms with E-state index >= 15 is 0 Å². The molecule has 0 spiro atoms. The van der Waals surface area contributed by atoms with Crippen molar-refractivity contribution in [2.24, 2.45) is 34.5 Å². The summed E-state index contributed by atoms with van der Waals surface area (Å²) in [6.07, 6.45) is 13.7. The van der Waals surface area contributed by atoms with Gasteiger partial charge in [0, 0.05) is 0 Å². The number of carboxylic acids is 2. The molecule has 0 saturated heterocycles. The molecule has 0 heterocycles. The summed E-state index contributed by atoms with van der Waals surface area (Å²) in [5.41, 5.74) is -1.46. The first kappa shape index (κ1) is 25.2. The fraction of sp³-hybridized carbons (Fsp3) is 0.923. The Kier molecular flexibility index (Phi) is 9.24. The van der Waals surface area contributed by atoms with Gasteiger partial charge >= 0.3 is 11.9 Å². The maximum absolute atomic E-state index is 13.1. The Balaban J connectivity index is 2.51. The standard InChI is InChI=1S/C26H46O4/c1-5-9-11-19(7-3)17-25-15-13-21(14-16-25)22(23(27)28)26(25,24(29)30)18-20(8-4)12-10-6-2/h19-22H,5-18H2,1-4H3,(H,27,28)(H,29,30). The summed E-state index contributed by atoms with van der Waals surface area (Å²) in [5, 5.41) is 21.1. The molecule has 0 radical (unpaired) electrons. The van der Waals surface area contributed by atoms with E-state index in [1.807, 2.05) is 0 Å². The molecule has 0 aromatic rings. The number of fused-ring (bicyclic) bond motifs is 3. The van der Waals surface area contributed by atoms with Crippen molar-refractivity contribution in [2.75, 3.05) is 0 Å². The van der Waals surface area contributed by atoms with Crippen molar-refractivity contribution in [3.05, 3.63) is 0 Å². The molecule has 4 heteroatoms. The van der Waals surface area contributed by atoms with Crippen molar-refractivity contribution >= 4 is 11.9 Å². The molecule has 4 atom stereocenters. The highest BCUT2D eigenvalue weighted by atomic mass is 16.4. The lowest BCUT2D eigenvalue weighted by atomic mass is 9.39. The summed E-state index contributed by atoms with van der Waals surface area (Å²) in [6.45, 7) is 8.75. The van der Waals surface area contributed by atoms with Crippen LogP contribution >= 0.6 is 0 Å². The average molecular weight is 423 g/mol. The summed E-state index contributed by atoms with van der Waals surface area (Å²) in [7, 11) is 0. The maximum atomic E-state index is 13.1. The fourth-order valence-corrected chi connectivity index (χ4v) is 7.19. The Morgan fingerprint density at radius 1 is 0.867 bits per heavy atom. The Morgan fingerprint density at radius 3 is 1.77 bits per heavy atom. The minimum Gasteiger partial charge on any atom is -0.481 e. The van der Waals surface area contributed by atoms with Crippen LogP contribution in [0.2, 0.25) is 0 Å². The highest BCUT2D eigenvalue weighted by molar-refractivity contribution is 5.85. The molecule has 2 bridgehead atoms. The normalized spacial score (nSPS) is 32.7. The van der Waals surface area contributed by atoms with Crippen LogP contribution in [-0.4, -0.2) is 22.2 Å². The summed E-state index contributed by atoms with van der Waals surface area (Å²) in [4.78, 5) is 25.7. The third-order valence-electron chi connectivity index (χ3n) is 8.96. The molecule has 3 aliphatic rings. The third kappa shape index (κ3) is 4.72. The zero-order valence-corrected chi connectivity index (χ0v) is 19.9. The molecular formula is C26H46O4. The van der Waals surface area contributed by atoms with Crippen LogP contribution in [0.25, 0.3) is 0 Å². The molecule has 0 aromatic heterocycles. The number of carboxylic acid groups (broad SMARTS) is 2. The predicted molar refractivity (Wildman–Crippen MR) is 121 cm³/mol. The van der Waals surface area contributed by atoms with E-state index in [2.05, 4.69) is 27.7 Å². The third-order valence-corrected chi connectivity index (χ3v) is 8.96. The van der Waals surface area contributed by atoms with Gasteiger partial charge in [-0.05, 0) is 61.7 Å². The fourth-order valence-electron chi connectivity index (χ4n) is 7.19. The Labute approximate surface area is 184 Å². The van der Waals surface area contributed by atoms with Gasteiger partial charge in [-0.3, -0.25) is 9.59 Å². The van der Waals surface area contributed by atoms with Gasteiger partial charge in [-0.1, -0.05) is 79.1 Å². The van der Waals surface area contributed by atoms with E-state index < -0.39 is 23.3 Å². The highest BCUT2D eigenvalue weighted by Crippen LogP contribution is 2.68. The van der Waals surface area contributed by atoms with E-state index in [0.29, 0.717) is 18.3 Å². The molecule has 2 N–H and O–H groups in total. The number of hydrogen-bond acceptors (Lipinski definition) is 2.